The van der Waals surface area contributed by atoms with E-state index >= 15 is 0 Å². The van der Waals surface area contributed by atoms with Gasteiger partial charge in [-0.25, -0.2) is 13.1 Å². The van der Waals surface area contributed by atoms with Crippen LogP contribution in [-0.4, -0.2) is 52.1 Å². The van der Waals surface area contributed by atoms with Gasteiger partial charge in [0.05, 0.1) is 13.2 Å². The fourth-order valence-electron chi connectivity index (χ4n) is 4.18. The van der Waals surface area contributed by atoms with Crippen LogP contribution in [0.25, 0.3) is 0 Å². The largest absolute Gasteiger partial charge is 0.495 e. The van der Waals surface area contributed by atoms with Gasteiger partial charge in [-0.1, -0.05) is 6.07 Å². The number of hydrogen-bond acceptors (Lipinski definition) is 6. The number of carbonyl (C=O) groups excluding carboxylic acids is 1. The molecule has 1 atom stereocenters. The van der Waals surface area contributed by atoms with Crippen LogP contribution in [0.4, 0.5) is 0 Å². The van der Waals surface area contributed by atoms with E-state index in [1.165, 1.54) is 19.2 Å². The molecule has 9 heteroatoms. The van der Waals surface area contributed by atoms with Crippen LogP contribution in [0.5, 0.6) is 17.2 Å². The van der Waals surface area contributed by atoms with E-state index in [9.17, 15) is 13.2 Å². The summed E-state index contributed by atoms with van der Waals surface area (Å²) in [6, 6.07) is 9.88. The van der Waals surface area contributed by atoms with Gasteiger partial charge in [-0.15, -0.1) is 0 Å². The standard InChI is InChI=1S/C23H28N2O6S/c1-15(2)24-32(27,28)22-14-17(7-9-20(22)29-3)23(26)25-10-4-5-18(25)16-6-8-19-21(13-16)31-12-11-30-19/h6-9,13-15,18,24H,4-5,10-12H2,1-3H3/t18-/m1/s1. The number of methoxy groups -OCH3 is 1. The first kappa shape index (κ1) is 22.4. The number of rotatable bonds is 6. The number of benzene rings is 2. The third-order valence-electron chi connectivity index (χ3n) is 5.56. The van der Waals surface area contributed by atoms with Gasteiger partial charge in [0.25, 0.3) is 5.91 Å². The second-order valence-corrected chi connectivity index (χ2v) is 9.88. The molecule has 2 aliphatic heterocycles. The molecule has 1 saturated heterocycles. The maximum Gasteiger partial charge on any atom is 0.254 e. The van der Waals surface area contributed by atoms with Crippen LogP contribution in [0.2, 0.25) is 0 Å². The summed E-state index contributed by atoms with van der Waals surface area (Å²) in [5.74, 6) is 1.37. The summed E-state index contributed by atoms with van der Waals surface area (Å²) in [6.07, 6.45) is 1.68. The normalized spacial score (nSPS) is 18.1. The third-order valence-corrected chi connectivity index (χ3v) is 7.24. The Labute approximate surface area is 188 Å². The van der Waals surface area contributed by atoms with Gasteiger partial charge in [0, 0.05) is 18.2 Å². The molecule has 172 valence electrons. The number of carbonyl (C=O) groups is 1. The molecule has 0 spiro atoms. The number of likely N-dealkylation sites (tertiary alicyclic amines) is 1. The Balaban J connectivity index is 1.64. The van der Waals surface area contributed by atoms with Crippen molar-refractivity contribution in [2.45, 2.75) is 43.7 Å². The molecule has 32 heavy (non-hydrogen) atoms. The number of ether oxygens (including phenoxy) is 3. The summed E-state index contributed by atoms with van der Waals surface area (Å²) in [5.41, 5.74) is 1.28. The molecular formula is C23H28N2O6S. The number of fused-ring (bicyclic) bond motifs is 1. The Morgan fingerprint density at radius 2 is 1.88 bits per heavy atom. The fourth-order valence-corrected chi connectivity index (χ4v) is 5.63. The molecule has 0 bridgehead atoms. The summed E-state index contributed by atoms with van der Waals surface area (Å²) in [7, 11) is -2.43. The average molecular weight is 461 g/mol. The predicted molar refractivity (Wildman–Crippen MR) is 119 cm³/mol. The first-order valence-electron chi connectivity index (χ1n) is 10.7. The number of amides is 1. The van der Waals surface area contributed by atoms with Crippen molar-refractivity contribution in [1.82, 2.24) is 9.62 Å². The highest BCUT2D eigenvalue weighted by molar-refractivity contribution is 7.89. The Hall–Kier alpha value is -2.78. The number of sulfonamides is 1. The molecule has 4 rings (SSSR count). The molecule has 1 N–H and O–H groups in total. The van der Waals surface area contributed by atoms with Crippen LogP contribution < -0.4 is 18.9 Å². The van der Waals surface area contributed by atoms with E-state index in [-0.39, 0.29) is 28.6 Å². The van der Waals surface area contributed by atoms with E-state index in [0.29, 0.717) is 36.8 Å². The Morgan fingerprint density at radius 1 is 1.12 bits per heavy atom. The van der Waals surface area contributed by atoms with Crippen molar-refractivity contribution in [1.29, 1.82) is 0 Å². The predicted octanol–water partition coefficient (Wildman–Crippen LogP) is 3.13. The fraction of sp³-hybridized carbons (Fsp3) is 0.435. The Morgan fingerprint density at radius 3 is 2.59 bits per heavy atom. The molecular weight excluding hydrogens is 432 g/mol. The van der Waals surface area contributed by atoms with Crippen molar-refractivity contribution in [2.75, 3.05) is 26.9 Å². The van der Waals surface area contributed by atoms with Gasteiger partial charge < -0.3 is 19.1 Å². The zero-order valence-corrected chi connectivity index (χ0v) is 19.3. The van der Waals surface area contributed by atoms with Gasteiger partial charge in [0.1, 0.15) is 23.9 Å². The van der Waals surface area contributed by atoms with E-state index in [4.69, 9.17) is 14.2 Å². The minimum Gasteiger partial charge on any atom is -0.495 e. The van der Waals surface area contributed by atoms with Crippen LogP contribution in [0.1, 0.15) is 48.7 Å². The topological polar surface area (TPSA) is 94.2 Å². The van der Waals surface area contributed by atoms with Gasteiger partial charge in [-0.2, -0.15) is 0 Å². The number of hydrogen-bond donors (Lipinski definition) is 1. The monoisotopic (exact) mass is 460 g/mol. The minimum absolute atomic E-state index is 0.0466. The lowest BCUT2D eigenvalue weighted by atomic mass is 10.0. The molecule has 0 aromatic heterocycles. The summed E-state index contributed by atoms with van der Waals surface area (Å²) in [5, 5.41) is 0. The molecule has 0 aliphatic carbocycles. The molecule has 2 aromatic carbocycles. The van der Waals surface area contributed by atoms with Gasteiger partial charge in [-0.3, -0.25) is 4.79 Å². The number of nitrogens with one attached hydrogen (secondary N) is 1. The number of nitrogens with zero attached hydrogens (tertiary/aromatic N) is 1. The molecule has 0 unspecified atom stereocenters. The zero-order chi connectivity index (χ0) is 22.9. The molecule has 1 amide bonds. The minimum atomic E-state index is -3.83. The van der Waals surface area contributed by atoms with Crippen molar-refractivity contribution in [3.8, 4) is 17.2 Å². The highest BCUT2D eigenvalue weighted by atomic mass is 32.2. The summed E-state index contributed by atoms with van der Waals surface area (Å²) in [4.78, 5) is 15.2. The maximum absolute atomic E-state index is 13.4. The highest BCUT2D eigenvalue weighted by Crippen LogP contribution is 2.39. The third kappa shape index (κ3) is 4.40. The SMILES string of the molecule is COc1ccc(C(=O)N2CCC[C@@H]2c2ccc3c(c2)OCCO3)cc1S(=O)(=O)NC(C)C. The molecule has 0 radical (unpaired) electrons. The molecule has 2 heterocycles. The van der Waals surface area contributed by atoms with Crippen LogP contribution in [0, 0.1) is 0 Å². The van der Waals surface area contributed by atoms with E-state index in [2.05, 4.69) is 4.72 Å². The average Bonchev–Trinajstić information content (AvgIpc) is 3.27. The summed E-state index contributed by atoms with van der Waals surface area (Å²) >= 11 is 0. The second-order valence-electron chi connectivity index (χ2n) is 8.20. The van der Waals surface area contributed by atoms with Gasteiger partial charge in [0.2, 0.25) is 10.0 Å². The molecule has 1 fully saturated rings. The van der Waals surface area contributed by atoms with Crippen molar-refractivity contribution in [3.05, 3.63) is 47.5 Å². The lowest BCUT2D eigenvalue weighted by Gasteiger charge is -2.27. The van der Waals surface area contributed by atoms with Crippen LogP contribution in [0.15, 0.2) is 41.3 Å². The highest BCUT2D eigenvalue weighted by Gasteiger charge is 2.32. The summed E-state index contributed by atoms with van der Waals surface area (Å²) < 4.78 is 44.7. The van der Waals surface area contributed by atoms with Crippen LogP contribution in [-0.2, 0) is 10.0 Å². The molecule has 0 saturated carbocycles. The lowest BCUT2D eigenvalue weighted by molar-refractivity contribution is 0.0735. The quantitative estimate of drug-likeness (QED) is 0.712. The smallest absolute Gasteiger partial charge is 0.254 e. The lowest BCUT2D eigenvalue weighted by Crippen LogP contribution is -2.32. The maximum atomic E-state index is 13.4. The molecule has 8 nitrogen and oxygen atoms in total. The van der Waals surface area contributed by atoms with Crippen LogP contribution in [0.3, 0.4) is 0 Å². The Bertz CT molecular complexity index is 1120. The molecule has 2 aliphatic rings. The van der Waals surface area contributed by atoms with Crippen LogP contribution >= 0.6 is 0 Å². The zero-order valence-electron chi connectivity index (χ0n) is 18.5. The first-order valence-corrected chi connectivity index (χ1v) is 12.2. The Kier molecular flexibility index (Phi) is 6.30. The van der Waals surface area contributed by atoms with Crippen molar-refractivity contribution >= 4 is 15.9 Å². The van der Waals surface area contributed by atoms with Gasteiger partial charge >= 0.3 is 0 Å². The van der Waals surface area contributed by atoms with E-state index < -0.39 is 10.0 Å². The van der Waals surface area contributed by atoms with E-state index in [1.54, 1.807) is 24.8 Å². The van der Waals surface area contributed by atoms with Gasteiger partial charge in [-0.05, 0) is 62.6 Å². The second kappa shape index (κ2) is 8.99. The van der Waals surface area contributed by atoms with Gasteiger partial charge in [0.15, 0.2) is 11.5 Å². The van der Waals surface area contributed by atoms with Crippen molar-refractivity contribution in [2.24, 2.45) is 0 Å². The summed E-state index contributed by atoms with van der Waals surface area (Å²) in [6.45, 7) is 5.09. The van der Waals surface area contributed by atoms with Crippen molar-refractivity contribution < 1.29 is 27.4 Å². The van der Waals surface area contributed by atoms with E-state index in [0.717, 1.165) is 18.4 Å². The molecule has 2 aromatic rings. The van der Waals surface area contributed by atoms with E-state index in [1.807, 2.05) is 18.2 Å². The first-order chi connectivity index (χ1) is 15.3. The van der Waals surface area contributed by atoms with Crippen molar-refractivity contribution in [3.63, 3.8) is 0 Å².